The van der Waals surface area contributed by atoms with Crippen molar-refractivity contribution in [1.29, 1.82) is 0 Å². The molecule has 2 amide bonds. The molecule has 0 aliphatic carbocycles. The van der Waals surface area contributed by atoms with E-state index in [1.807, 2.05) is 29.2 Å². The molecule has 3 heterocycles. The average Bonchev–Trinajstić information content (AvgIpc) is 2.90. The summed E-state index contributed by atoms with van der Waals surface area (Å²) in [4.78, 5) is 25.6. The number of fused-ring (bicyclic) bond motifs is 1. The summed E-state index contributed by atoms with van der Waals surface area (Å²) >= 11 is 0. The van der Waals surface area contributed by atoms with E-state index in [4.69, 9.17) is 0 Å². The Morgan fingerprint density at radius 3 is 3.00 bits per heavy atom. The quantitative estimate of drug-likeness (QED) is 0.841. The van der Waals surface area contributed by atoms with Crippen LogP contribution in [0.15, 0.2) is 24.3 Å². The molecule has 1 aromatic heterocycles. The lowest BCUT2D eigenvalue weighted by Gasteiger charge is -2.25. The Morgan fingerprint density at radius 2 is 2.11 bits per heavy atom. The van der Waals surface area contributed by atoms with Gasteiger partial charge in [0.25, 0.3) is 0 Å². The van der Waals surface area contributed by atoms with Crippen LogP contribution in [-0.4, -0.2) is 57.7 Å². The molecule has 2 aromatic rings. The van der Waals surface area contributed by atoms with Crippen LogP contribution in [0.3, 0.4) is 0 Å². The smallest absolute Gasteiger partial charge is 0.238 e. The number of hydrogen-bond donors (Lipinski definition) is 2. The molecule has 1 aromatic carbocycles. The Kier molecular flexibility index (Phi) is 5.15. The maximum atomic E-state index is 12.3. The van der Waals surface area contributed by atoms with Gasteiger partial charge in [0, 0.05) is 37.3 Å². The maximum Gasteiger partial charge on any atom is 0.238 e. The molecule has 0 bridgehead atoms. The van der Waals surface area contributed by atoms with E-state index in [0.717, 1.165) is 48.7 Å². The Bertz CT molecular complexity index is 846. The molecule has 0 spiro atoms. The number of piperazine rings is 1. The van der Waals surface area contributed by atoms with Gasteiger partial charge in [-0.1, -0.05) is 18.6 Å². The van der Waals surface area contributed by atoms with Gasteiger partial charge >= 0.3 is 0 Å². The second-order valence-corrected chi connectivity index (χ2v) is 7.09. The molecule has 1 saturated heterocycles. The van der Waals surface area contributed by atoms with Gasteiger partial charge in [-0.3, -0.25) is 14.5 Å². The molecule has 8 heteroatoms. The highest BCUT2D eigenvalue weighted by Crippen LogP contribution is 2.24. The van der Waals surface area contributed by atoms with Crippen molar-refractivity contribution in [1.82, 2.24) is 25.0 Å². The van der Waals surface area contributed by atoms with Crippen molar-refractivity contribution in [3.05, 3.63) is 30.1 Å². The molecular formula is C19H24N6O2. The van der Waals surface area contributed by atoms with Crippen LogP contribution >= 0.6 is 0 Å². The fourth-order valence-corrected chi connectivity index (χ4v) is 3.66. The minimum absolute atomic E-state index is 0.0384. The van der Waals surface area contributed by atoms with Crippen molar-refractivity contribution >= 4 is 17.5 Å². The third-order valence-corrected chi connectivity index (χ3v) is 5.00. The number of aryl methyl sites for hydroxylation is 1. The van der Waals surface area contributed by atoms with Gasteiger partial charge in [-0.25, -0.2) is 0 Å². The van der Waals surface area contributed by atoms with Gasteiger partial charge in [0.2, 0.25) is 11.8 Å². The van der Waals surface area contributed by atoms with Gasteiger partial charge in [0.1, 0.15) is 5.82 Å². The van der Waals surface area contributed by atoms with E-state index in [-0.39, 0.29) is 24.9 Å². The third-order valence-electron chi connectivity index (χ3n) is 5.00. The molecule has 8 nitrogen and oxygen atoms in total. The average molecular weight is 368 g/mol. The van der Waals surface area contributed by atoms with Gasteiger partial charge in [-0.15, -0.1) is 10.2 Å². The molecule has 0 atom stereocenters. The second kappa shape index (κ2) is 7.87. The van der Waals surface area contributed by atoms with Crippen molar-refractivity contribution in [2.75, 3.05) is 31.5 Å². The van der Waals surface area contributed by atoms with E-state index in [0.29, 0.717) is 13.1 Å². The molecule has 1 fully saturated rings. The lowest BCUT2D eigenvalue weighted by Crippen LogP contribution is -2.49. The third kappa shape index (κ3) is 4.16. The summed E-state index contributed by atoms with van der Waals surface area (Å²) in [6.45, 7) is 2.67. The van der Waals surface area contributed by atoms with Gasteiger partial charge in [-0.05, 0) is 25.0 Å². The van der Waals surface area contributed by atoms with Crippen LogP contribution in [0.1, 0.15) is 25.1 Å². The highest BCUT2D eigenvalue weighted by Gasteiger charge is 2.19. The summed E-state index contributed by atoms with van der Waals surface area (Å²) in [5, 5.41) is 14.4. The Labute approximate surface area is 158 Å². The second-order valence-electron chi connectivity index (χ2n) is 7.09. The Hall–Kier alpha value is -2.74. The number of hydrogen-bond acceptors (Lipinski definition) is 5. The molecule has 27 heavy (non-hydrogen) atoms. The molecule has 2 aliphatic heterocycles. The molecule has 0 unspecified atom stereocenters. The number of carbonyl (C=O) groups is 2. The van der Waals surface area contributed by atoms with Crippen molar-refractivity contribution in [2.24, 2.45) is 0 Å². The van der Waals surface area contributed by atoms with Crippen LogP contribution in [0.2, 0.25) is 0 Å². The standard InChI is InChI=1S/C19H24N6O2/c26-17-12-24(10-8-20-17)13-18(27)21-15-6-4-5-14(11-15)19-23-22-16-7-2-1-3-9-25(16)19/h4-6,11H,1-3,7-10,12-13H2,(H,20,26)(H,21,27). The Morgan fingerprint density at radius 1 is 1.19 bits per heavy atom. The van der Waals surface area contributed by atoms with Gasteiger partial charge < -0.3 is 15.2 Å². The lowest BCUT2D eigenvalue weighted by molar-refractivity contribution is -0.125. The number of nitrogens with zero attached hydrogens (tertiary/aromatic N) is 4. The van der Waals surface area contributed by atoms with Crippen LogP contribution in [-0.2, 0) is 22.6 Å². The first-order valence-electron chi connectivity index (χ1n) is 9.50. The van der Waals surface area contributed by atoms with E-state index < -0.39 is 0 Å². The predicted octanol–water partition coefficient (Wildman–Crippen LogP) is 1.04. The van der Waals surface area contributed by atoms with Gasteiger partial charge in [-0.2, -0.15) is 0 Å². The molecule has 4 rings (SSSR count). The zero-order valence-electron chi connectivity index (χ0n) is 15.3. The minimum atomic E-state index is -0.123. The number of aromatic nitrogens is 3. The summed E-state index contributed by atoms with van der Waals surface area (Å²) in [6, 6.07) is 7.71. The van der Waals surface area contributed by atoms with E-state index in [1.54, 1.807) is 0 Å². The predicted molar refractivity (Wildman–Crippen MR) is 101 cm³/mol. The van der Waals surface area contributed by atoms with Gasteiger partial charge in [0.05, 0.1) is 13.1 Å². The largest absolute Gasteiger partial charge is 0.354 e. The minimum Gasteiger partial charge on any atom is -0.354 e. The number of carbonyl (C=O) groups excluding carboxylic acids is 2. The summed E-state index contributed by atoms with van der Waals surface area (Å²) < 4.78 is 2.19. The van der Waals surface area contributed by atoms with Crippen molar-refractivity contribution in [2.45, 2.75) is 32.2 Å². The topological polar surface area (TPSA) is 92.2 Å². The zero-order valence-corrected chi connectivity index (χ0v) is 15.3. The maximum absolute atomic E-state index is 12.3. The normalized spacial score (nSPS) is 17.7. The molecule has 0 saturated carbocycles. The van der Waals surface area contributed by atoms with E-state index in [1.165, 1.54) is 6.42 Å². The van der Waals surface area contributed by atoms with Crippen molar-refractivity contribution < 1.29 is 9.59 Å². The number of benzene rings is 1. The van der Waals surface area contributed by atoms with E-state index >= 15 is 0 Å². The first-order valence-corrected chi connectivity index (χ1v) is 9.50. The molecular weight excluding hydrogens is 344 g/mol. The summed E-state index contributed by atoms with van der Waals surface area (Å²) in [5.41, 5.74) is 1.68. The first kappa shape index (κ1) is 17.7. The summed E-state index contributed by atoms with van der Waals surface area (Å²) in [7, 11) is 0. The van der Waals surface area contributed by atoms with Crippen LogP contribution < -0.4 is 10.6 Å². The molecule has 142 valence electrons. The number of amides is 2. The van der Waals surface area contributed by atoms with Crippen molar-refractivity contribution in [3.63, 3.8) is 0 Å². The van der Waals surface area contributed by atoms with Crippen LogP contribution in [0, 0.1) is 0 Å². The first-order chi connectivity index (χ1) is 13.2. The highest BCUT2D eigenvalue weighted by molar-refractivity contribution is 5.93. The molecule has 0 radical (unpaired) electrons. The highest BCUT2D eigenvalue weighted by atomic mass is 16.2. The number of rotatable bonds is 4. The zero-order chi connectivity index (χ0) is 18.6. The van der Waals surface area contributed by atoms with Crippen LogP contribution in [0.5, 0.6) is 0 Å². The fraction of sp³-hybridized carbons (Fsp3) is 0.474. The fourth-order valence-electron chi connectivity index (χ4n) is 3.66. The number of anilines is 1. The van der Waals surface area contributed by atoms with Crippen molar-refractivity contribution in [3.8, 4) is 11.4 Å². The van der Waals surface area contributed by atoms with E-state index in [9.17, 15) is 9.59 Å². The Balaban J connectivity index is 1.46. The molecule has 2 N–H and O–H groups in total. The van der Waals surface area contributed by atoms with Gasteiger partial charge in [0.15, 0.2) is 5.82 Å². The van der Waals surface area contributed by atoms with Crippen LogP contribution in [0.25, 0.3) is 11.4 Å². The van der Waals surface area contributed by atoms with E-state index in [2.05, 4.69) is 25.4 Å². The molecule has 2 aliphatic rings. The number of nitrogens with one attached hydrogen (secondary N) is 2. The summed E-state index contributed by atoms with van der Waals surface area (Å²) in [5.74, 6) is 1.74. The SMILES string of the molecule is O=C1CN(CC(=O)Nc2cccc(-c3nnc4n3CCCCC4)c2)CCN1. The lowest BCUT2D eigenvalue weighted by atomic mass is 10.2. The van der Waals surface area contributed by atoms with Crippen LogP contribution in [0.4, 0.5) is 5.69 Å². The summed E-state index contributed by atoms with van der Waals surface area (Å²) in [6.07, 6.45) is 4.47. The monoisotopic (exact) mass is 368 g/mol.